The van der Waals surface area contributed by atoms with Crippen LogP contribution in [-0.2, 0) is 6.54 Å². The summed E-state index contributed by atoms with van der Waals surface area (Å²) in [5, 5.41) is 12.1. The number of amides is 1. The molecule has 2 N–H and O–H groups in total. The van der Waals surface area contributed by atoms with Gasteiger partial charge in [-0.1, -0.05) is 36.4 Å². The van der Waals surface area contributed by atoms with Gasteiger partial charge in [-0.2, -0.15) is 0 Å². The summed E-state index contributed by atoms with van der Waals surface area (Å²) in [5.74, 6) is 0.145. The number of fused-ring (bicyclic) bond motifs is 2. The summed E-state index contributed by atoms with van der Waals surface area (Å²) < 4.78 is 8.50. The van der Waals surface area contributed by atoms with Crippen LogP contribution in [0.5, 0.6) is 0 Å². The van der Waals surface area contributed by atoms with Crippen molar-refractivity contribution in [1.82, 2.24) is 19.3 Å². The van der Waals surface area contributed by atoms with Crippen LogP contribution >= 0.6 is 0 Å². The summed E-state index contributed by atoms with van der Waals surface area (Å²) >= 11 is 0. The molecule has 0 aliphatic carbocycles. The van der Waals surface area contributed by atoms with Gasteiger partial charge < -0.3 is 14.3 Å². The number of nitrogens with zero attached hydrogens (tertiary/aromatic N) is 3. The maximum absolute atomic E-state index is 13.4. The van der Waals surface area contributed by atoms with E-state index in [-0.39, 0.29) is 34.6 Å². The Labute approximate surface area is 194 Å². The molecular weight excluding hydrogens is 430 g/mol. The lowest BCUT2D eigenvalue weighted by Crippen LogP contribution is -2.36. The first-order chi connectivity index (χ1) is 16.4. The number of benzene rings is 1. The molecule has 0 bridgehead atoms. The highest BCUT2D eigenvalue weighted by atomic mass is 16.3. The van der Waals surface area contributed by atoms with Crippen LogP contribution in [0.3, 0.4) is 0 Å². The highest BCUT2D eigenvalue weighted by Gasteiger charge is 2.20. The van der Waals surface area contributed by atoms with Gasteiger partial charge in [-0.3, -0.25) is 19.4 Å². The summed E-state index contributed by atoms with van der Waals surface area (Å²) in [4.78, 5) is 31.4. The fourth-order valence-electron chi connectivity index (χ4n) is 4.08. The number of rotatable bonds is 5. The van der Waals surface area contributed by atoms with Crippen molar-refractivity contribution in [2.24, 2.45) is 0 Å². The largest absolute Gasteiger partial charge is 0.467 e. The zero-order valence-corrected chi connectivity index (χ0v) is 18.8. The normalized spacial score (nSPS) is 12.2. The molecule has 0 aliphatic rings. The van der Waals surface area contributed by atoms with Crippen molar-refractivity contribution < 1.29 is 9.21 Å². The summed E-state index contributed by atoms with van der Waals surface area (Å²) in [6.45, 7) is 3.91. The molecule has 0 aliphatic heterocycles. The average Bonchev–Trinajstić information content (AvgIpc) is 3.35. The lowest BCUT2D eigenvalue weighted by molar-refractivity contribution is 0.0937. The molecule has 0 saturated carbocycles. The number of carbonyl (C=O) groups excluding carboxylic acids is 1. The SMILES string of the molecule is Cc1cccn2c(=O)c3cc(C(=O)N[C@@H](C)c4ccccc4)c(=N)n(Cc4ccco4)c3nc12. The van der Waals surface area contributed by atoms with Crippen LogP contribution in [-0.4, -0.2) is 19.9 Å². The van der Waals surface area contributed by atoms with Gasteiger partial charge >= 0.3 is 0 Å². The number of pyridine rings is 2. The first-order valence-electron chi connectivity index (χ1n) is 10.9. The fraction of sp³-hybridized carbons (Fsp3) is 0.154. The molecule has 170 valence electrons. The van der Waals surface area contributed by atoms with Gasteiger partial charge in [-0.25, -0.2) is 4.98 Å². The molecule has 0 unspecified atom stereocenters. The molecule has 1 aromatic carbocycles. The summed E-state index contributed by atoms with van der Waals surface area (Å²) in [7, 11) is 0. The second kappa shape index (κ2) is 8.47. The van der Waals surface area contributed by atoms with Gasteiger partial charge in [0.1, 0.15) is 22.5 Å². The average molecular weight is 454 g/mol. The quantitative estimate of drug-likeness (QED) is 0.397. The second-order valence-corrected chi connectivity index (χ2v) is 8.22. The number of furan rings is 1. The van der Waals surface area contributed by atoms with E-state index >= 15 is 0 Å². The van der Waals surface area contributed by atoms with E-state index in [1.165, 1.54) is 10.5 Å². The van der Waals surface area contributed by atoms with Crippen molar-refractivity contribution in [2.75, 3.05) is 0 Å². The molecule has 8 nitrogen and oxygen atoms in total. The Morgan fingerprint density at radius 1 is 1.12 bits per heavy atom. The Kier molecular flexibility index (Phi) is 5.33. The Hall–Kier alpha value is -4.46. The summed E-state index contributed by atoms with van der Waals surface area (Å²) in [6.07, 6.45) is 3.20. The minimum atomic E-state index is -0.440. The van der Waals surface area contributed by atoms with Gasteiger partial charge in [0.2, 0.25) is 0 Å². The number of hydrogen-bond donors (Lipinski definition) is 2. The molecule has 0 saturated heterocycles. The molecule has 0 fully saturated rings. The van der Waals surface area contributed by atoms with Crippen LogP contribution in [0.25, 0.3) is 16.7 Å². The van der Waals surface area contributed by atoms with Crippen LogP contribution in [0.2, 0.25) is 0 Å². The summed E-state index contributed by atoms with van der Waals surface area (Å²) in [5.41, 5.74) is 2.34. The maximum atomic E-state index is 13.4. The van der Waals surface area contributed by atoms with Crippen LogP contribution in [0.15, 0.2) is 82.3 Å². The van der Waals surface area contributed by atoms with E-state index < -0.39 is 5.91 Å². The minimum absolute atomic E-state index is 0.0495. The van der Waals surface area contributed by atoms with Crippen molar-refractivity contribution in [2.45, 2.75) is 26.4 Å². The van der Waals surface area contributed by atoms with Crippen molar-refractivity contribution >= 4 is 22.6 Å². The third-order valence-corrected chi connectivity index (χ3v) is 5.92. The number of carbonyl (C=O) groups is 1. The predicted octanol–water partition coefficient (Wildman–Crippen LogP) is 3.57. The molecule has 4 heterocycles. The van der Waals surface area contributed by atoms with Gasteiger partial charge in [0.25, 0.3) is 11.5 Å². The van der Waals surface area contributed by atoms with Crippen molar-refractivity contribution in [3.05, 3.63) is 111 Å². The molecule has 1 atom stereocenters. The lowest BCUT2D eigenvalue weighted by atomic mass is 10.1. The van der Waals surface area contributed by atoms with E-state index in [1.54, 1.807) is 35.2 Å². The number of aromatic nitrogens is 3. The molecule has 0 spiro atoms. The van der Waals surface area contributed by atoms with Crippen LogP contribution in [0.1, 0.15) is 40.2 Å². The Morgan fingerprint density at radius 3 is 2.65 bits per heavy atom. The van der Waals surface area contributed by atoms with Gasteiger partial charge in [-0.05, 0) is 49.2 Å². The van der Waals surface area contributed by atoms with Gasteiger partial charge in [0.05, 0.1) is 29.8 Å². The molecule has 8 heteroatoms. The molecule has 1 amide bonds. The monoisotopic (exact) mass is 453 g/mol. The standard InChI is InChI=1S/C26H23N5O3/c1-16-8-6-12-30-23(16)29-24-21(26(30)33)14-20(22(27)31(24)15-19-11-7-13-34-19)25(32)28-17(2)18-9-4-3-5-10-18/h3-14,17,27H,15H2,1-2H3,(H,28,32)/t17-/m0/s1. The zero-order valence-electron chi connectivity index (χ0n) is 18.8. The van der Waals surface area contributed by atoms with Crippen LogP contribution in [0.4, 0.5) is 0 Å². The molecule has 5 rings (SSSR count). The van der Waals surface area contributed by atoms with Crippen LogP contribution < -0.4 is 16.4 Å². The van der Waals surface area contributed by atoms with E-state index in [0.29, 0.717) is 17.1 Å². The predicted molar refractivity (Wildman–Crippen MR) is 128 cm³/mol. The Bertz CT molecular complexity index is 1630. The van der Waals surface area contributed by atoms with E-state index in [9.17, 15) is 9.59 Å². The van der Waals surface area contributed by atoms with Gasteiger partial charge in [0.15, 0.2) is 0 Å². The first-order valence-corrected chi connectivity index (χ1v) is 10.9. The smallest absolute Gasteiger partial charge is 0.267 e. The highest BCUT2D eigenvalue weighted by molar-refractivity contribution is 5.97. The fourth-order valence-corrected chi connectivity index (χ4v) is 4.08. The third kappa shape index (κ3) is 3.69. The number of hydrogen-bond acceptors (Lipinski definition) is 5. The van der Waals surface area contributed by atoms with Crippen molar-refractivity contribution in [3.8, 4) is 0 Å². The topological polar surface area (TPSA) is 105 Å². The molecule has 34 heavy (non-hydrogen) atoms. The van der Waals surface area contributed by atoms with Crippen molar-refractivity contribution in [3.63, 3.8) is 0 Å². The zero-order chi connectivity index (χ0) is 23.8. The second-order valence-electron chi connectivity index (χ2n) is 8.22. The number of nitrogens with one attached hydrogen (secondary N) is 2. The molecular formula is C26H23N5O3. The Morgan fingerprint density at radius 2 is 1.91 bits per heavy atom. The van der Waals surface area contributed by atoms with Gasteiger partial charge in [0, 0.05) is 6.20 Å². The maximum Gasteiger partial charge on any atom is 0.267 e. The lowest BCUT2D eigenvalue weighted by Gasteiger charge is -2.17. The van der Waals surface area contributed by atoms with E-state index in [0.717, 1.165) is 11.1 Å². The number of aryl methyl sites for hydroxylation is 1. The first kappa shape index (κ1) is 21.4. The molecule has 4 aromatic heterocycles. The van der Waals surface area contributed by atoms with E-state index in [4.69, 9.17) is 14.8 Å². The highest BCUT2D eigenvalue weighted by Crippen LogP contribution is 2.16. The third-order valence-electron chi connectivity index (χ3n) is 5.92. The molecule has 5 aromatic rings. The molecule has 0 radical (unpaired) electrons. The minimum Gasteiger partial charge on any atom is -0.467 e. The van der Waals surface area contributed by atoms with E-state index in [1.807, 2.05) is 50.2 Å². The van der Waals surface area contributed by atoms with Gasteiger partial charge in [-0.15, -0.1) is 0 Å². The van der Waals surface area contributed by atoms with Crippen LogP contribution in [0, 0.1) is 12.3 Å². The van der Waals surface area contributed by atoms with E-state index in [2.05, 4.69) is 5.32 Å². The summed E-state index contributed by atoms with van der Waals surface area (Å²) in [6, 6.07) is 17.9. The van der Waals surface area contributed by atoms with Crippen molar-refractivity contribution in [1.29, 1.82) is 5.41 Å². The Balaban J connectivity index is 1.71.